The smallest absolute Gasteiger partial charge is 0.0743 e. The minimum absolute atomic E-state index is 0.223. The highest BCUT2D eigenvalue weighted by Gasteiger charge is 2.01. The van der Waals surface area contributed by atoms with Gasteiger partial charge in [0.05, 0.1) is 39.6 Å². The quantitative estimate of drug-likeness (QED) is 0.322. The topological polar surface area (TPSA) is 36.9 Å². The molecule has 0 saturated carbocycles. The summed E-state index contributed by atoms with van der Waals surface area (Å²) >= 11 is 0. The van der Waals surface area contributed by atoms with E-state index in [1.807, 2.05) is 0 Å². The SMILES string of the molecule is CCCCCOCCOCCOCCOP(CC)CC. The lowest BCUT2D eigenvalue weighted by molar-refractivity contribution is 0.00940. The van der Waals surface area contributed by atoms with E-state index in [-0.39, 0.29) is 8.15 Å². The molecule has 4 nitrogen and oxygen atoms in total. The summed E-state index contributed by atoms with van der Waals surface area (Å²) in [6, 6.07) is 0. The van der Waals surface area contributed by atoms with Gasteiger partial charge in [-0.15, -0.1) is 0 Å². The zero-order valence-electron chi connectivity index (χ0n) is 13.6. The molecule has 0 spiro atoms. The lowest BCUT2D eigenvalue weighted by atomic mass is 10.3. The second-order valence-corrected chi connectivity index (χ2v) is 6.98. The van der Waals surface area contributed by atoms with Crippen LogP contribution in [0.25, 0.3) is 0 Å². The Bertz CT molecular complexity index is 177. The zero-order valence-corrected chi connectivity index (χ0v) is 14.5. The van der Waals surface area contributed by atoms with Crippen LogP contribution in [-0.2, 0) is 18.7 Å². The standard InChI is InChI=1S/C15H33O4P/c1-4-7-8-9-16-10-11-17-12-13-18-14-15-19-20(5-2)6-3/h4-15H2,1-3H3. The third-order valence-corrected chi connectivity index (χ3v) is 4.80. The summed E-state index contributed by atoms with van der Waals surface area (Å²) in [6.45, 7) is 11.4. The summed E-state index contributed by atoms with van der Waals surface area (Å²) in [6.07, 6.45) is 5.90. The molecule has 122 valence electrons. The summed E-state index contributed by atoms with van der Waals surface area (Å²) in [5, 5.41) is 0. The van der Waals surface area contributed by atoms with E-state index in [0.29, 0.717) is 39.6 Å². The largest absolute Gasteiger partial charge is 0.379 e. The van der Waals surface area contributed by atoms with Crippen molar-refractivity contribution in [3.05, 3.63) is 0 Å². The zero-order chi connectivity index (χ0) is 14.9. The van der Waals surface area contributed by atoms with Crippen molar-refractivity contribution in [2.45, 2.75) is 40.0 Å². The van der Waals surface area contributed by atoms with Gasteiger partial charge in [-0.2, -0.15) is 0 Å². The van der Waals surface area contributed by atoms with Crippen LogP contribution in [-0.4, -0.2) is 58.6 Å². The number of rotatable bonds is 16. The van der Waals surface area contributed by atoms with Crippen LogP contribution in [0.1, 0.15) is 40.0 Å². The predicted octanol–water partition coefficient (Wildman–Crippen LogP) is 3.68. The van der Waals surface area contributed by atoms with Crippen molar-refractivity contribution in [2.24, 2.45) is 0 Å². The maximum absolute atomic E-state index is 5.71. The molecule has 0 unspecified atom stereocenters. The van der Waals surface area contributed by atoms with Crippen LogP contribution in [0.2, 0.25) is 0 Å². The van der Waals surface area contributed by atoms with Gasteiger partial charge in [-0.1, -0.05) is 33.6 Å². The van der Waals surface area contributed by atoms with E-state index in [9.17, 15) is 0 Å². The van der Waals surface area contributed by atoms with E-state index < -0.39 is 0 Å². The van der Waals surface area contributed by atoms with Crippen molar-refractivity contribution >= 4 is 8.15 Å². The minimum Gasteiger partial charge on any atom is -0.379 e. The van der Waals surface area contributed by atoms with E-state index in [4.69, 9.17) is 18.7 Å². The maximum Gasteiger partial charge on any atom is 0.0743 e. The molecule has 0 aromatic rings. The van der Waals surface area contributed by atoms with Crippen molar-refractivity contribution in [3.63, 3.8) is 0 Å². The Labute approximate surface area is 126 Å². The first-order chi connectivity index (χ1) is 9.85. The number of hydrogen-bond donors (Lipinski definition) is 0. The summed E-state index contributed by atoms with van der Waals surface area (Å²) in [4.78, 5) is 0. The first kappa shape index (κ1) is 20.3. The van der Waals surface area contributed by atoms with Gasteiger partial charge in [0.25, 0.3) is 0 Å². The molecule has 0 N–H and O–H groups in total. The van der Waals surface area contributed by atoms with Crippen molar-refractivity contribution in [1.82, 2.24) is 0 Å². The second kappa shape index (κ2) is 17.3. The van der Waals surface area contributed by atoms with Gasteiger partial charge in [0.2, 0.25) is 0 Å². The van der Waals surface area contributed by atoms with Crippen LogP contribution in [0.4, 0.5) is 0 Å². The molecule has 0 fully saturated rings. The first-order valence-electron chi connectivity index (χ1n) is 7.96. The Morgan fingerprint density at radius 3 is 1.60 bits per heavy atom. The molecule has 0 aromatic heterocycles. The van der Waals surface area contributed by atoms with E-state index in [1.54, 1.807) is 0 Å². The molecule has 0 aliphatic carbocycles. The molecule has 0 aliphatic heterocycles. The number of hydrogen-bond acceptors (Lipinski definition) is 4. The molecule has 0 radical (unpaired) electrons. The molecule has 20 heavy (non-hydrogen) atoms. The average Bonchev–Trinajstić information content (AvgIpc) is 2.48. The Balaban J connectivity index is 3.02. The van der Waals surface area contributed by atoms with Crippen LogP contribution >= 0.6 is 8.15 Å². The van der Waals surface area contributed by atoms with Crippen molar-refractivity contribution in [3.8, 4) is 0 Å². The Kier molecular flexibility index (Phi) is 17.6. The van der Waals surface area contributed by atoms with Crippen LogP contribution in [0.15, 0.2) is 0 Å². The van der Waals surface area contributed by atoms with Crippen LogP contribution in [0.3, 0.4) is 0 Å². The normalized spacial score (nSPS) is 11.4. The monoisotopic (exact) mass is 308 g/mol. The Morgan fingerprint density at radius 1 is 0.600 bits per heavy atom. The van der Waals surface area contributed by atoms with Crippen molar-refractivity contribution < 1.29 is 18.7 Å². The lowest BCUT2D eigenvalue weighted by Gasteiger charge is -2.13. The summed E-state index contributed by atoms with van der Waals surface area (Å²) in [5.41, 5.74) is 0. The Morgan fingerprint density at radius 2 is 1.10 bits per heavy atom. The second-order valence-electron chi connectivity index (χ2n) is 4.49. The molecule has 0 rings (SSSR count). The first-order valence-corrected chi connectivity index (χ1v) is 9.59. The van der Waals surface area contributed by atoms with Crippen molar-refractivity contribution in [2.75, 3.05) is 58.6 Å². The van der Waals surface area contributed by atoms with Crippen LogP contribution in [0.5, 0.6) is 0 Å². The van der Waals surface area contributed by atoms with Gasteiger partial charge >= 0.3 is 0 Å². The number of ether oxygens (including phenoxy) is 3. The van der Waals surface area contributed by atoms with Crippen LogP contribution < -0.4 is 0 Å². The lowest BCUT2D eigenvalue weighted by Crippen LogP contribution is -2.11. The molecule has 0 atom stereocenters. The van der Waals surface area contributed by atoms with E-state index in [2.05, 4.69) is 20.8 Å². The fourth-order valence-corrected chi connectivity index (χ4v) is 2.77. The molecule has 0 aromatic carbocycles. The molecule has 0 bridgehead atoms. The van der Waals surface area contributed by atoms with Crippen LogP contribution in [0, 0.1) is 0 Å². The van der Waals surface area contributed by atoms with Crippen molar-refractivity contribution in [1.29, 1.82) is 0 Å². The molecule has 0 aliphatic rings. The third kappa shape index (κ3) is 14.7. The molecular formula is C15H33O4P. The fourth-order valence-electron chi connectivity index (χ4n) is 1.63. The highest BCUT2D eigenvalue weighted by atomic mass is 31.1. The van der Waals surface area contributed by atoms with Gasteiger partial charge in [-0.05, 0) is 18.7 Å². The molecule has 0 saturated heterocycles. The molecule has 0 heterocycles. The van der Waals surface area contributed by atoms with Gasteiger partial charge < -0.3 is 18.7 Å². The molecule has 0 amide bonds. The Hall–Kier alpha value is 0.270. The average molecular weight is 308 g/mol. The molecule has 5 heteroatoms. The maximum atomic E-state index is 5.71. The summed E-state index contributed by atoms with van der Waals surface area (Å²) in [7, 11) is -0.223. The van der Waals surface area contributed by atoms with Gasteiger partial charge in [0.1, 0.15) is 0 Å². The molecular weight excluding hydrogens is 275 g/mol. The van der Waals surface area contributed by atoms with E-state index >= 15 is 0 Å². The fraction of sp³-hybridized carbons (Fsp3) is 1.00. The van der Waals surface area contributed by atoms with E-state index in [1.165, 1.54) is 12.8 Å². The van der Waals surface area contributed by atoms with E-state index in [0.717, 1.165) is 25.4 Å². The minimum atomic E-state index is -0.223. The van der Waals surface area contributed by atoms with Gasteiger partial charge in [-0.3, -0.25) is 0 Å². The highest BCUT2D eigenvalue weighted by molar-refractivity contribution is 7.52. The van der Waals surface area contributed by atoms with Gasteiger partial charge in [0.15, 0.2) is 0 Å². The van der Waals surface area contributed by atoms with Gasteiger partial charge in [0, 0.05) is 14.8 Å². The summed E-state index contributed by atoms with van der Waals surface area (Å²) in [5.74, 6) is 0. The van der Waals surface area contributed by atoms with Gasteiger partial charge in [-0.25, -0.2) is 0 Å². The highest BCUT2D eigenvalue weighted by Crippen LogP contribution is 2.34. The summed E-state index contributed by atoms with van der Waals surface area (Å²) < 4.78 is 22.0. The predicted molar refractivity (Wildman–Crippen MR) is 85.9 cm³/mol. The number of unbranched alkanes of at least 4 members (excludes halogenated alkanes) is 2. The third-order valence-electron chi connectivity index (χ3n) is 2.84.